The van der Waals surface area contributed by atoms with Gasteiger partial charge in [0.25, 0.3) is 0 Å². The lowest BCUT2D eigenvalue weighted by Gasteiger charge is -2.07. The predicted octanol–water partition coefficient (Wildman–Crippen LogP) is 3.46. The molecule has 12 heavy (non-hydrogen) atoms. The highest BCUT2D eigenvalue weighted by Gasteiger charge is 1.94. The number of ether oxygens (including phenoxy) is 1. The minimum Gasteiger partial charge on any atom is -0.374 e. The zero-order valence-electron chi connectivity index (χ0n) is 8.38. The number of thioether (sulfide) groups is 1. The number of rotatable bonds is 7. The molecule has 0 amide bonds. The average molecular weight is 188 g/mol. The molecular formula is C10H20OS. The van der Waals surface area contributed by atoms with Crippen molar-refractivity contribution in [2.45, 2.75) is 39.7 Å². The van der Waals surface area contributed by atoms with E-state index in [1.54, 1.807) is 0 Å². The highest BCUT2D eigenvalue weighted by molar-refractivity contribution is 8.02. The van der Waals surface area contributed by atoms with Crippen molar-refractivity contribution in [2.24, 2.45) is 0 Å². The lowest BCUT2D eigenvalue weighted by atomic mass is 10.3. The Morgan fingerprint density at radius 2 is 2.17 bits per heavy atom. The van der Waals surface area contributed by atoms with Crippen LogP contribution >= 0.6 is 11.8 Å². The maximum absolute atomic E-state index is 5.53. The van der Waals surface area contributed by atoms with E-state index in [-0.39, 0.29) is 6.10 Å². The molecule has 0 aromatic rings. The average Bonchev–Trinajstić information content (AvgIpc) is 2.06. The van der Waals surface area contributed by atoms with Gasteiger partial charge in [-0.05, 0) is 30.6 Å². The summed E-state index contributed by atoms with van der Waals surface area (Å²) >= 11 is 1.82. The molecule has 0 fully saturated rings. The largest absolute Gasteiger partial charge is 0.374 e. The third-order valence-corrected chi connectivity index (χ3v) is 2.17. The van der Waals surface area contributed by atoms with Crippen LogP contribution in [-0.4, -0.2) is 18.5 Å². The van der Waals surface area contributed by atoms with E-state index in [0.717, 1.165) is 12.4 Å². The third-order valence-electron chi connectivity index (χ3n) is 1.49. The molecule has 0 bridgehead atoms. The van der Waals surface area contributed by atoms with Crippen molar-refractivity contribution in [3.63, 3.8) is 0 Å². The van der Waals surface area contributed by atoms with Crippen LogP contribution in [0.15, 0.2) is 11.5 Å². The number of hydrogen-bond donors (Lipinski definition) is 0. The standard InChI is InChI=1S/C10H20OS/c1-4-6-8-11-10(3)7-9-12-5-2/h7,9-10H,4-6,8H2,1-3H3/b9-7-. The fraction of sp³-hybridized carbons (Fsp3) is 0.800. The van der Waals surface area contributed by atoms with E-state index in [2.05, 4.69) is 32.3 Å². The van der Waals surface area contributed by atoms with E-state index in [1.165, 1.54) is 12.8 Å². The van der Waals surface area contributed by atoms with Gasteiger partial charge in [-0.2, -0.15) is 0 Å². The van der Waals surface area contributed by atoms with Crippen LogP contribution in [0.3, 0.4) is 0 Å². The van der Waals surface area contributed by atoms with E-state index in [1.807, 2.05) is 11.8 Å². The van der Waals surface area contributed by atoms with Gasteiger partial charge in [-0.25, -0.2) is 0 Å². The van der Waals surface area contributed by atoms with Crippen molar-refractivity contribution in [2.75, 3.05) is 12.4 Å². The van der Waals surface area contributed by atoms with Gasteiger partial charge in [-0.15, -0.1) is 11.8 Å². The topological polar surface area (TPSA) is 9.23 Å². The smallest absolute Gasteiger partial charge is 0.0735 e. The summed E-state index contributed by atoms with van der Waals surface area (Å²) in [6, 6.07) is 0. The molecule has 0 saturated heterocycles. The van der Waals surface area contributed by atoms with Gasteiger partial charge >= 0.3 is 0 Å². The van der Waals surface area contributed by atoms with Crippen molar-refractivity contribution in [1.29, 1.82) is 0 Å². The SMILES string of the molecule is CCCCOC(C)/C=C\SCC. The van der Waals surface area contributed by atoms with Crippen molar-refractivity contribution in [1.82, 2.24) is 0 Å². The molecule has 0 spiro atoms. The zero-order valence-corrected chi connectivity index (χ0v) is 9.19. The first-order valence-electron chi connectivity index (χ1n) is 4.71. The first kappa shape index (κ1) is 12.0. The molecule has 2 heteroatoms. The highest BCUT2D eigenvalue weighted by atomic mass is 32.2. The molecule has 0 aliphatic carbocycles. The molecule has 1 nitrogen and oxygen atoms in total. The summed E-state index contributed by atoms with van der Waals surface area (Å²) in [4.78, 5) is 0. The fourth-order valence-electron chi connectivity index (χ4n) is 0.732. The van der Waals surface area contributed by atoms with Crippen LogP contribution in [0.2, 0.25) is 0 Å². The van der Waals surface area contributed by atoms with Crippen LogP contribution in [0.25, 0.3) is 0 Å². The number of hydrogen-bond acceptors (Lipinski definition) is 2. The van der Waals surface area contributed by atoms with Crippen molar-refractivity contribution in [3.8, 4) is 0 Å². The Labute approximate surface area is 80.6 Å². The Kier molecular flexibility index (Phi) is 9.18. The van der Waals surface area contributed by atoms with Crippen LogP contribution in [0, 0.1) is 0 Å². The predicted molar refractivity (Wildman–Crippen MR) is 57.6 cm³/mol. The van der Waals surface area contributed by atoms with Crippen molar-refractivity contribution >= 4 is 11.8 Å². The van der Waals surface area contributed by atoms with E-state index < -0.39 is 0 Å². The van der Waals surface area contributed by atoms with Gasteiger partial charge in [0.05, 0.1) is 6.10 Å². The molecule has 1 unspecified atom stereocenters. The summed E-state index contributed by atoms with van der Waals surface area (Å²) < 4.78 is 5.53. The van der Waals surface area contributed by atoms with Gasteiger partial charge in [0.2, 0.25) is 0 Å². The Bertz CT molecular complexity index is 112. The quantitative estimate of drug-likeness (QED) is 0.566. The first-order chi connectivity index (χ1) is 5.81. The maximum Gasteiger partial charge on any atom is 0.0735 e. The molecule has 0 saturated carbocycles. The summed E-state index contributed by atoms with van der Waals surface area (Å²) in [6.45, 7) is 7.30. The van der Waals surface area contributed by atoms with Gasteiger partial charge in [-0.3, -0.25) is 0 Å². The Balaban J connectivity index is 3.26. The molecule has 0 N–H and O–H groups in total. The van der Waals surface area contributed by atoms with Crippen molar-refractivity contribution < 1.29 is 4.74 Å². The lowest BCUT2D eigenvalue weighted by molar-refractivity contribution is 0.0952. The zero-order chi connectivity index (χ0) is 9.23. The highest BCUT2D eigenvalue weighted by Crippen LogP contribution is 2.03. The molecule has 72 valence electrons. The van der Waals surface area contributed by atoms with Gasteiger partial charge < -0.3 is 4.74 Å². The molecule has 1 atom stereocenters. The van der Waals surface area contributed by atoms with E-state index in [0.29, 0.717) is 0 Å². The van der Waals surface area contributed by atoms with Crippen molar-refractivity contribution in [3.05, 3.63) is 11.5 Å². The Morgan fingerprint density at radius 1 is 1.42 bits per heavy atom. The summed E-state index contributed by atoms with van der Waals surface area (Å²) in [5, 5.41) is 2.12. The molecule has 0 rings (SSSR count). The third kappa shape index (κ3) is 8.15. The van der Waals surface area contributed by atoms with Crippen LogP contribution in [0.1, 0.15) is 33.6 Å². The second-order valence-electron chi connectivity index (χ2n) is 2.71. The monoisotopic (exact) mass is 188 g/mol. The maximum atomic E-state index is 5.53. The minimum atomic E-state index is 0.274. The summed E-state index contributed by atoms with van der Waals surface area (Å²) in [6.07, 6.45) is 4.76. The number of unbranched alkanes of at least 4 members (excludes halogenated alkanes) is 1. The summed E-state index contributed by atoms with van der Waals surface area (Å²) in [5.41, 5.74) is 0. The van der Waals surface area contributed by atoms with Gasteiger partial charge in [0, 0.05) is 6.61 Å². The molecule has 0 aromatic carbocycles. The van der Waals surface area contributed by atoms with Gasteiger partial charge in [-0.1, -0.05) is 20.3 Å². The van der Waals surface area contributed by atoms with Gasteiger partial charge in [0.1, 0.15) is 0 Å². The van der Waals surface area contributed by atoms with E-state index in [9.17, 15) is 0 Å². The molecular weight excluding hydrogens is 168 g/mol. The molecule has 0 aliphatic rings. The first-order valence-corrected chi connectivity index (χ1v) is 5.76. The molecule has 0 aromatic heterocycles. The lowest BCUT2D eigenvalue weighted by Crippen LogP contribution is -2.05. The van der Waals surface area contributed by atoms with Crippen LogP contribution in [-0.2, 0) is 4.74 Å². The second-order valence-corrected chi connectivity index (χ2v) is 3.90. The summed E-state index contributed by atoms with van der Waals surface area (Å²) in [5.74, 6) is 1.14. The van der Waals surface area contributed by atoms with Gasteiger partial charge in [0.15, 0.2) is 0 Å². The molecule has 0 radical (unpaired) electrons. The van der Waals surface area contributed by atoms with Crippen LogP contribution < -0.4 is 0 Å². The normalized spacial score (nSPS) is 13.9. The fourth-order valence-corrected chi connectivity index (χ4v) is 1.26. The van der Waals surface area contributed by atoms with E-state index >= 15 is 0 Å². The Morgan fingerprint density at radius 3 is 2.75 bits per heavy atom. The minimum absolute atomic E-state index is 0.274. The summed E-state index contributed by atoms with van der Waals surface area (Å²) in [7, 11) is 0. The van der Waals surface area contributed by atoms with Crippen LogP contribution in [0.5, 0.6) is 0 Å². The Hall–Kier alpha value is 0.0500. The molecule has 0 aliphatic heterocycles. The second kappa shape index (κ2) is 9.14. The van der Waals surface area contributed by atoms with E-state index in [4.69, 9.17) is 4.74 Å². The molecule has 0 heterocycles. The van der Waals surface area contributed by atoms with Crippen LogP contribution in [0.4, 0.5) is 0 Å².